The number of rotatable bonds is 5. The highest BCUT2D eigenvalue weighted by molar-refractivity contribution is 5.89. The van der Waals surface area contributed by atoms with E-state index in [2.05, 4.69) is 15.5 Å². The summed E-state index contributed by atoms with van der Waals surface area (Å²) in [5.41, 5.74) is -0.158. The minimum absolute atomic E-state index is 0.0111. The Morgan fingerprint density at radius 1 is 1.00 bits per heavy atom. The van der Waals surface area contributed by atoms with Crippen molar-refractivity contribution < 1.29 is 24.9 Å². The SMILES string of the molecule is COc1ccc(-c2[nH]nc3c2[C@](O)(C(=O)O)[C@H](c2ccccc2)[C@@H](c2ccccc2O)N3)cc1. The van der Waals surface area contributed by atoms with Gasteiger partial charge in [0.2, 0.25) is 5.60 Å². The van der Waals surface area contributed by atoms with Gasteiger partial charge < -0.3 is 25.4 Å². The molecule has 1 aliphatic heterocycles. The van der Waals surface area contributed by atoms with Crippen LogP contribution in [0, 0.1) is 0 Å². The van der Waals surface area contributed by atoms with Gasteiger partial charge in [-0.1, -0.05) is 48.5 Å². The van der Waals surface area contributed by atoms with E-state index in [1.165, 1.54) is 6.07 Å². The minimum atomic E-state index is -2.36. The second-order valence-corrected chi connectivity index (χ2v) is 8.19. The second-order valence-electron chi connectivity index (χ2n) is 8.19. The number of carboxylic acids is 1. The van der Waals surface area contributed by atoms with Gasteiger partial charge in [-0.25, -0.2) is 4.79 Å². The van der Waals surface area contributed by atoms with Crippen LogP contribution in [-0.4, -0.2) is 38.6 Å². The van der Waals surface area contributed by atoms with Gasteiger partial charge in [0.1, 0.15) is 11.5 Å². The fourth-order valence-electron chi connectivity index (χ4n) is 4.75. The molecule has 0 saturated carbocycles. The van der Waals surface area contributed by atoms with E-state index < -0.39 is 23.5 Å². The van der Waals surface area contributed by atoms with E-state index in [0.717, 1.165) is 0 Å². The second kappa shape index (κ2) is 8.24. The normalized spacial score (nSPS) is 21.4. The molecular weight excluding hydrogens is 434 g/mol. The maximum atomic E-state index is 12.9. The third kappa shape index (κ3) is 3.27. The number of aromatic amines is 1. The van der Waals surface area contributed by atoms with Gasteiger partial charge in [-0.15, -0.1) is 0 Å². The van der Waals surface area contributed by atoms with Crippen LogP contribution in [-0.2, 0) is 10.4 Å². The van der Waals surface area contributed by atoms with E-state index in [0.29, 0.717) is 28.1 Å². The van der Waals surface area contributed by atoms with Crippen molar-refractivity contribution in [2.75, 3.05) is 12.4 Å². The van der Waals surface area contributed by atoms with Crippen molar-refractivity contribution in [1.29, 1.82) is 0 Å². The van der Waals surface area contributed by atoms with Gasteiger partial charge in [0.15, 0.2) is 5.82 Å². The predicted octanol–water partition coefficient (Wildman–Crippen LogP) is 4.01. The average molecular weight is 457 g/mol. The lowest BCUT2D eigenvalue weighted by molar-refractivity contribution is -0.163. The molecule has 34 heavy (non-hydrogen) atoms. The number of ether oxygens (including phenoxy) is 1. The van der Waals surface area contributed by atoms with Gasteiger partial charge in [0.25, 0.3) is 0 Å². The van der Waals surface area contributed by atoms with Crippen LogP contribution in [0.5, 0.6) is 11.5 Å². The highest BCUT2D eigenvalue weighted by atomic mass is 16.5. The number of aliphatic hydroxyl groups is 1. The molecule has 5 N–H and O–H groups in total. The molecule has 172 valence electrons. The van der Waals surface area contributed by atoms with Crippen molar-refractivity contribution in [2.24, 2.45) is 0 Å². The molecule has 0 unspecified atom stereocenters. The van der Waals surface area contributed by atoms with Crippen molar-refractivity contribution in [3.05, 3.63) is 95.6 Å². The number of hydrogen-bond donors (Lipinski definition) is 5. The number of nitrogens with zero attached hydrogens (tertiary/aromatic N) is 1. The number of aromatic nitrogens is 2. The summed E-state index contributed by atoms with van der Waals surface area (Å²) in [6.07, 6.45) is 0. The minimum Gasteiger partial charge on any atom is -0.508 e. The summed E-state index contributed by atoms with van der Waals surface area (Å²) in [5, 5.41) is 43.6. The lowest BCUT2D eigenvalue weighted by Gasteiger charge is -2.43. The van der Waals surface area contributed by atoms with Gasteiger partial charge in [-0.3, -0.25) is 5.10 Å². The van der Waals surface area contributed by atoms with Crippen LogP contribution in [0.25, 0.3) is 11.3 Å². The molecule has 3 atom stereocenters. The lowest BCUT2D eigenvalue weighted by atomic mass is 9.68. The molecule has 8 nitrogen and oxygen atoms in total. The Balaban J connectivity index is 1.76. The highest BCUT2D eigenvalue weighted by Gasteiger charge is 2.57. The first kappa shape index (κ1) is 21.5. The number of carboxylic acid groups (broad SMARTS) is 1. The summed E-state index contributed by atoms with van der Waals surface area (Å²) in [4.78, 5) is 12.9. The maximum Gasteiger partial charge on any atom is 0.341 e. The number of nitrogens with one attached hydrogen (secondary N) is 2. The fraction of sp³-hybridized carbons (Fsp3) is 0.154. The van der Waals surface area contributed by atoms with E-state index in [1.54, 1.807) is 73.8 Å². The molecule has 0 spiro atoms. The number of anilines is 1. The van der Waals surface area contributed by atoms with E-state index >= 15 is 0 Å². The number of H-pyrrole nitrogens is 1. The number of aromatic hydroxyl groups is 1. The number of hydrogen-bond acceptors (Lipinski definition) is 6. The maximum absolute atomic E-state index is 12.9. The molecule has 4 aromatic rings. The third-order valence-electron chi connectivity index (χ3n) is 6.36. The van der Waals surface area contributed by atoms with Crippen molar-refractivity contribution in [3.63, 3.8) is 0 Å². The van der Waals surface area contributed by atoms with Crippen LogP contribution in [0.15, 0.2) is 78.9 Å². The third-order valence-corrected chi connectivity index (χ3v) is 6.36. The van der Waals surface area contributed by atoms with E-state index in [9.17, 15) is 20.1 Å². The Hall–Kier alpha value is -4.30. The summed E-state index contributed by atoms with van der Waals surface area (Å²) in [6.45, 7) is 0. The number of phenolic OH excluding ortho intramolecular Hbond substituents is 1. The molecule has 3 aromatic carbocycles. The number of phenols is 1. The molecule has 0 radical (unpaired) electrons. The van der Waals surface area contributed by atoms with Crippen molar-refractivity contribution >= 4 is 11.8 Å². The smallest absolute Gasteiger partial charge is 0.341 e. The number of para-hydroxylation sites is 1. The molecule has 0 bridgehead atoms. The monoisotopic (exact) mass is 457 g/mol. The summed E-state index contributed by atoms with van der Waals surface area (Å²) < 4.78 is 5.22. The molecule has 0 saturated heterocycles. The number of fused-ring (bicyclic) bond motifs is 1. The molecule has 0 fully saturated rings. The first-order valence-corrected chi connectivity index (χ1v) is 10.7. The van der Waals surface area contributed by atoms with E-state index in [-0.39, 0.29) is 17.1 Å². The number of aliphatic carboxylic acids is 1. The van der Waals surface area contributed by atoms with Crippen LogP contribution < -0.4 is 10.1 Å². The van der Waals surface area contributed by atoms with Crippen LogP contribution in [0.4, 0.5) is 5.82 Å². The summed E-state index contributed by atoms with van der Waals surface area (Å²) in [5.74, 6) is -1.56. The Labute approximate surface area is 195 Å². The highest BCUT2D eigenvalue weighted by Crippen LogP contribution is 2.55. The molecule has 1 aliphatic rings. The predicted molar refractivity (Wildman–Crippen MR) is 126 cm³/mol. The van der Waals surface area contributed by atoms with Gasteiger partial charge in [-0.05, 0) is 35.9 Å². The van der Waals surface area contributed by atoms with Crippen molar-refractivity contribution in [2.45, 2.75) is 17.6 Å². The van der Waals surface area contributed by atoms with E-state index in [4.69, 9.17) is 4.74 Å². The summed E-state index contributed by atoms with van der Waals surface area (Å²) >= 11 is 0. The largest absolute Gasteiger partial charge is 0.508 e. The Morgan fingerprint density at radius 3 is 2.32 bits per heavy atom. The quantitative estimate of drug-likeness (QED) is 0.306. The molecule has 2 heterocycles. The van der Waals surface area contributed by atoms with Crippen LogP contribution in [0.1, 0.15) is 28.7 Å². The van der Waals surface area contributed by atoms with Gasteiger partial charge in [0.05, 0.1) is 30.3 Å². The van der Waals surface area contributed by atoms with Gasteiger partial charge in [0, 0.05) is 11.1 Å². The zero-order valence-corrected chi connectivity index (χ0v) is 18.3. The zero-order chi connectivity index (χ0) is 23.9. The number of methoxy groups -OCH3 is 1. The van der Waals surface area contributed by atoms with Crippen molar-refractivity contribution in [3.8, 4) is 22.8 Å². The molecule has 8 heteroatoms. The standard InChI is InChI=1S/C26H23N3O5/c1-34-17-13-11-16(12-14-17)22-21-24(29-28-22)27-23(18-9-5-6-10-19(18)30)20(26(21,33)25(31)32)15-7-3-2-4-8-15/h2-14,20,23,30,33H,1H3,(H,31,32)(H2,27,28,29)/t20-,23-,26+/m1/s1. The van der Waals surface area contributed by atoms with Gasteiger partial charge in [-0.2, -0.15) is 5.10 Å². The summed E-state index contributed by atoms with van der Waals surface area (Å²) in [7, 11) is 1.56. The lowest BCUT2D eigenvalue weighted by Crippen LogP contribution is -2.49. The average Bonchev–Trinajstić information content (AvgIpc) is 3.29. The Morgan fingerprint density at radius 2 is 1.68 bits per heavy atom. The first-order valence-electron chi connectivity index (χ1n) is 10.7. The van der Waals surface area contributed by atoms with Gasteiger partial charge >= 0.3 is 5.97 Å². The van der Waals surface area contributed by atoms with E-state index in [1.807, 2.05) is 6.07 Å². The zero-order valence-electron chi connectivity index (χ0n) is 18.3. The van der Waals surface area contributed by atoms with Crippen LogP contribution in [0.3, 0.4) is 0 Å². The Kier molecular flexibility index (Phi) is 5.22. The molecule has 0 aliphatic carbocycles. The molecule has 1 aromatic heterocycles. The Bertz CT molecular complexity index is 1340. The topological polar surface area (TPSA) is 128 Å². The molecule has 5 rings (SSSR count). The fourth-order valence-corrected chi connectivity index (χ4v) is 4.75. The molecular formula is C26H23N3O5. The number of carbonyl (C=O) groups is 1. The van der Waals surface area contributed by atoms with Crippen LogP contribution in [0.2, 0.25) is 0 Å². The first-order chi connectivity index (χ1) is 16.4. The molecule has 0 amide bonds. The van der Waals surface area contributed by atoms with Crippen molar-refractivity contribution in [1.82, 2.24) is 10.2 Å². The van der Waals surface area contributed by atoms with Crippen LogP contribution >= 0.6 is 0 Å². The number of benzene rings is 3. The summed E-state index contributed by atoms with van der Waals surface area (Å²) in [6, 6.07) is 21.9.